The molecule has 4 aromatic rings. The van der Waals surface area contributed by atoms with Crippen LogP contribution in [0.15, 0.2) is 66.0 Å². The summed E-state index contributed by atoms with van der Waals surface area (Å²) in [7, 11) is 0. The maximum atomic E-state index is 12.8. The molecule has 0 fully saturated rings. The van der Waals surface area contributed by atoms with Crippen molar-refractivity contribution < 1.29 is 9.53 Å². The number of hydrogen-bond donors (Lipinski definition) is 3. The molecule has 2 aromatic heterocycles. The lowest BCUT2D eigenvalue weighted by Crippen LogP contribution is -2.26. The molecule has 2 aromatic carbocycles. The minimum atomic E-state index is -0.165. The van der Waals surface area contributed by atoms with Gasteiger partial charge in [0, 0.05) is 35.4 Å². The van der Waals surface area contributed by atoms with E-state index in [0.717, 1.165) is 52.1 Å². The average Bonchev–Trinajstić information content (AvgIpc) is 3.38. The number of Topliss-reactive ketones (excluding diaryl/α,β-unsaturated/α-hetero) is 1. The highest BCUT2D eigenvalue weighted by atomic mass is 16.5. The third kappa shape index (κ3) is 2.70. The monoisotopic (exact) mass is 397 g/mol. The molecule has 1 atom stereocenters. The second-order valence-corrected chi connectivity index (χ2v) is 7.65. The third-order valence-electron chi connectivity index (χ3n) is 5.77. The van der Waals surface area contributed by atoms with Gasteiger partial charge in [-0.15, -0.1) is 0 Å². The first-order valence-corrected chi connectivity index (χ1v) is 10.1. The summed E-state index contributed by atoms with van der Waals surface area (Å²) in [6.45, 7) is 0. The molecule has 1 unspecified atom stereocenters. The van der Waals surface area contributed by atoms with E-state index in [4.69, 9.17) is 4.74 Å². The first kappa shape index (κ1) is 17.0. The van der Waals surface area contributed by atoms with Gasteiger partial charge < -0.3 is 15.0 Å². The Morgan fingerprint density at radius 3 is 2.93 bits per heavy atom. The summed E-state index contributed by atoms with van der Waals surface area (Å²) in [5, 5.41) is 10.6. The van der Waals surface area contributed by atoms with E-state index in [1.165, 1.54) is 0 Å². The molecule has 0 spiro atoms. The number of rotatable bonds is 3. The quantitative estimate of drug-likeness (QED) is 0.468. The second-order valence-electron chi connectivity index (χ2n) is 7.65. The molecule has 3 heterocycles. The second kappa shape index (κ2) is 6.59. The maximum absolute atomic E-state index is 12.8. The Balaban J connectivity index is 1.40. The highest BCUT2D eigenvalue weighted by Gasteiger charge is 2.36. The van der Waals surface area contributed by atoms with E-state index in [2.05, 4.69) is 25.5 Å². The number of para-hydroxylation sites is 2. The summed E-state index contributed by atoms with van der Waals surface area (Å²) in [5.74, 6) is 1.49. The Labute approximate surface area is 172 Å². The number of nitrogens with zero attached hydrogens (tertiary/aromatic N) is 2. The highest BCUT2D eigenvalue weighted by molar-refractivity contribution is 6.00. The lowest BCUT2D eigenvalue weighted by molar-refractivity contribution is -0.116. The van der Waals surface area contributed by atoms with Crippen molar-refractivity contribution in [1.29, 1.82) is 0 Å². The van der Waals surface area contributed by atoms with E-state index in [-0.39, 0.29) is 11.7 Å². The summed E-state index contributed by atoms with van der Waals surface area (Å²) in [4.78, 5) is 20.5. The minimum absolute atomic E-state index is 0.165. The molecule has 1 aliphatic carbocycles. The number of aromatic amines is 2. The molecule has 1 aliphatic heterocycles. The van der Waals surface area contributed by atoms with Crippen LogP contribution in [0.25, 0.3) is 11.0 Å². The molecule has 0 radical (unpaired) electrons. The number of aromatic nitrogens is 4. The van der Waals surface area contributed by atoms with Crippen LogP contribution in [-0.4, -0.2) is 25.9 Å². The van der Waals surface area contributed by atoms with Crippen LogP contribution in [0.3, 0.4) is 0 Å². The fourth-order valence-corrected chi connectivity index (χ4v) is 4.44. The summed E-state index contributed by atoms with van der Waals surface area (Å²) < 4.78 is 6.02. The van der Waals surface area contributed by atoms with Crippen molar-refractivity contribution in [2.45, 2.75) is 25.2 Å². The highest BCUT2D eigenvalue weighted by Crippen LogP contribution is 2.45. The molecule has 6 rings (SSSR count). The fraction of sp³-hybridized carbons (Fsp3) is 0.174. The molecular formula is C23H19N5O2. The largest absolute Gasteiger partial charge is 0.426 e. The number of nitrogens with one attached hydrogen (secondary N) is 3. The lowest BCUT2D eigenvalue weighted by atomic mass is 9.77. The van der Waals surface area contributed by atoms with Crippen LogP contribution in [-0.2, 0) is 4.79 Å². The maximum Gasteiger partial charge on any atom is 0.300 e. The number of ether oxygens (including phenoxy) is 1. The first-order valence-electron chi connectivity index (χ1n) is 10.1. The van der Waals surface area contributed by atoms with Gasteiger partial charge in [-0.25, -0.2) is 0 Å². The smallest absolute Gasteiger partial charge is 0.300 e. The summed E-state index contributed by atoms with van der Waals surface area (Å²) >= 11 is 0. The van der Waals surface area contributed by atoms with Gasteiger partial charge >= 0.3 is 0 Å². The van der Waals surface area contributed by atoms with Crippen LogP contribution in [0.5, 0.6) is 11.8 Å². The zero-order valence-corrected chi connectivity index (χ0v) is 16.1. The molecule has 0 saturated carbocycles. The predicted octanol–water partition coefficient (Wildman–Crippen LogP) is 4.64. The Kier molecular flexibility index (Phi) is 3.74. The van der Waals surface area contributed by atoms with Gasteiger partial charge in [0.25, 0.3) is 6.01 Å². The van der Waals surface area contributed by atoms with Crippen molar-refractivity contribution in [3.63, 3.8) is 0 Å². The SMILES string of the molecule is O=C1CCCC2=C1C(c1cccc(Oc3nc4ccccc4[nH]3)c1)c1c[nH]nc1N2. The van der Waals surface area contributed by atoms with Crippen LogP contribution in [0.4, 0.5) is 5.82 Å². The van der Waals surface area contributed by atoms with Crippen LogP contribution >= 0.6 is 0 Å². The van der Waals surface area contributed by atoms with E-state index in [1.54, 1.807) is 0 Å². The van der Waals surface area contributed by atoms with E-state index in [0.29, 0.717) is 18.2 Å². The Bertz CT molecular complexity index is 1280. The molecule has 0 saturated heterocycles. The van der Waals surface area contributed by atoms with Crippen molar-refractivity contribution >= 4 is 22.6 Å². The Morgan fingerprint density at radius 1 is 1.07 bits per heavy atom. The number of anilines is 1. The molecule has 0 bridgehead atoms. The van der Waals surface area contributed by atoms with Gasteiger partial charge in [-0.05, 0) is 42.7 Å². The van der Waals surface area contributed by atoms with Gasteiger partial charge in [0.2, 0.25) is 0 Å². The number of ketones is 1. The molecular weight excluding hydrogens is 378 g/mol. The van der Waals surface area contributed by atoms with E-state index >= 15 is 0 Å². The van der Waals surface area contributed by atoms with Crippen molar-refractivity contribution in [3.05, 3.63) is 77.1 Å². The normalized spacial score (nSPS) is 18.1. The van der Waals surface area contributed by atoms with Crippen molar-refractivity contribution in [3.8, 4) is 11.8 Å². The average molecular weight is 397 g/mol. The van der Waals surface area contributed by atoms with Crippen molar-refractivity contribution in [2.75, 3.05) is 5.32 Å². The third-order valence-corrected chi connectivity index (χ3v) is 5.77. The van der Waals surface area contributed by atoms with Crippen LogP contribution < -0.4 is 10.1 Å². The molecule has 7 heteroatoms. The van der Waals surface area contributed by atoms with E-state index in [9.17, 15) is 4.79 Å². The van der Waals surface area contributed by atoms with Gasteiger partial charge in [-0.3, -0.25) is 9.89 Å². The van der Waals surface area contributed by atoms with Gasteiger partial charge in [-0.2, -0.15) is 10.1 Å². The Morgan fingerprint density at radius 2 is 2.00 bits per heavy atom. The lowest BCUT2D eigenvalue weighted by Gasteiger charge is -2.31. The van der Waals surface area contributed by atoms with Crippen LogP contribution in [0.2, 0.25) is 0 Å². The topological polar surface area (TPSA) is 95.7 Å². The first-order chi connectivity index (χ1) is 14.8. The minimum Gasteiger partial charge on any atom is -0.426 e. The Hall–Kier alpha value is -3.87. The predicted molar refractivity (Wildman–Crippen MR) is 113 cm³/mol. The summed E-state index contributed by atoms with van der Waals surface area (Å²) in [6.07, 6.45) is 4.18. The number of hydrogen-bond acceptors (Lipinski definition) is 5. The van der Waals surface area contributed by atoms with Crippen LogP contribution in [0.1, 0.15) is 36.3 Å². The van der Waals surface area contributed by atoms with Crippen molar-refractivity contribution in [1.82, 2.24) is 20.2 Å². The van der Waals surface area contributed by atoms with Gasteiger partial charge in [0.15, 0.2) is 11.6 Å². The molecule has 2 aliphatic rings. The zero-order chi connectivity index (χ0) is 20.1. The molecule has 148 valence electrons. The van der Waals surface area contributed by atoms with Gasteiger partial charge in [0.05, 0.1) is 11.0 Å². The number of benzene rings is 2. The van der Waals surface area contributed by atoms with E-state index in [1.807, 2.05) is 54.7 Å². The van der Waals surface area contributed by atoms with Gasteiger partial charge in [-0.1, -0.05) is 24.3 Å². The number of allylic oxidation sites excluding steroid dienone is 2. The molecule has 3 N–H and O–H groups in total. The van der Waals surface area contributed by atoms with Gasteiger partial charge in [0.1, 0.15) is 5.75 Å². The molecule has 0 amide bonds. The number of carbonyl (C=O) groups is 1. The number of carbonyl (C=O) groups excluding carboxylic acids is 1. The van der Waals surface area contributed by atoms with Crippen molar-refractivity contribution in [2.24, 2.45) is 0 Å². The zero-order valence-electron chi connectivity index (χ0n) is 16.1. The van der Waals surface area contributed by atoms with Crippen LogP contribution in [0, 0.1) is 0 Å². The number of H-pyrrole nitrogens is 2. The summed E-state index contributed by atoms with van der Waals surface area (Å²) in [5.41, 5.74) is 5.58. The molecule has 7 nitrogen and oxygen atoms in total. The summed E-state index contributed by atoms with van der Waals surface area (Å²) in [6, 6.07) is 16.1. The standard InChI is InChI=1S/C23H19N5O2/c29-19-10-4-9-18-21(19)20(15-12-24-28-22(15)25-18)13-5-3-6-14(11-13)30-23-26-16-7-1-2-8-17(16)27-23/h1-3,5-8,11-12,20H,4,9-10H2,(H,26,27)(H2,24,25,28). The molecule has 30 heavy (non-hydrogen) atoms. The number of imidazole rings is 1. The fourth-order valence-electron chi connectivity index (χ4n) is 4.44. The van der Waals surface area contributed by atoms with E-state index < -0.39 is 0 Å². The number of fused-ring (bicyclic) bond motifs is 2.